The van der Waals surface area contributed by atoms with Gasteiger partial charge >= 0.3 is 0 Å². The molecule has 0 fully saturated rings. The first kappa shape index (κ1) is 18.9. The second-order valence-electron chi connectivity index (χ2n) is 6.13. The van der Waals surface area contributed by atoms with E-state index >= 15 is 0 Å². The molecular weight excluding hydrogens is 312 g/mol. The van der Waals surface area contributed by atoms with E-state index in [-0.39, 0.29) is 5.91 Å². The van der Waals surface area contributed by atoms with Gasteiger partial charge in [0.25, 0.3) is 5.91 Å². The Balaban J connectivity index is 2.22. The number of rotatable bonds is 8. The number of anilines is 2. The first-order chi connectivity index (χ1) is 12.1. The van der Waals surface area contributed by atoms with Crippen LogP contribution >= 0.6 is 0 Å². The highest BCUT2D eigenvalue weighted by Crippen LogP contribution is 2.23. The van der Waals surface area contributed by atoms with Crippen LogP contribution < -0.4 is 10.2 Å². The molecule has 25 heavy (non-hydrogen) atoms. The molecule has 1 aromatic carbocycles. The molecule has 0 aliphatic carbocycles. The summed E-state index contributed by atoms with van der Waals surface area (Å²) < 4.78 is 0. The molecule has 0 unspecified atom stereocenters. The topological polar surface area (TPSA) is 58.1 Å². The monoisotopic (exact) mass is 340 g/mol. The van der Waals surface area contributed by atoms with Crippen molar-refractivity contribution >= 4 is 17.5 Å². The maximum atomic E-state index is 12.7. The van der Waals surface area contributed by atoms with E-state index in [9.17, 15) is 4.79 Å². The standard InChI is InChI=1S/C20H28N4O/c1-5-8-14-24(4)20-21-13-12-17(22-20)19(25)23-18-15(6-2)10-9-11-16(18)7-3/h9-13H,5-8,14H2,1-4H3,(H,23,25). The van der Waals surface area contributed by atoms with Crippen LogP contribution in [0.5, 0.6) is 0 Å². The van der Waals surface area contributed by atoms with Gasteiger partial charge in [-0.3, -0.25) is 4.79 Å². The molecule has 134 valence electrons. The third-order valence-corrected chi connectivity index (χ3v) is 4.30. The summed E-state index contributed by atoms with van der Waals surface area (Å²) in [4.78, 5) is 23.4. The summed E-state index contributed by atoms with van der Waals surface area (Å²) in [5.74, 6) is 0.392. The van der Waals surface area contributed by atoms with Gasteiger partial charge in [0, 0.05) is 25.5 Å². The molecule has 0 bridgehead atoms. The lowest BCUT2D eigenvalue weighted by molar-refractivity contribution is 0.102. The molecule has 1 amide bonds. The van der Waals surface area contributed by atoms with E-state index in [1.165, 1.54) is 0 Å². The number of carbonyl (C=O) groups excluding carboxylic acids is 1. The maximum Gasteiger partial charge on any atom is 0.274 e. The average Bonchev–Trinajstić information content (AvgIpc) is 2.66. The zero-order valence-electron chi connectivity index (χ0n) is 15.7. The fourth-order valence-corrected chi connectivity index (χ4v) is 2.73. The van der Waals surface area contributed by atoms with Crippen molar-refractivity contribution in [2.45, 2.75) is 46.5 Å². The van der Waals surface area contributed by atoms with Gasteiger partial charge in [-0.25, -0.2) is 9.97 Å². The van der Waals surface area contributed by atoms with Crippen LogP contribution in [0.1, 0.15) is 55.2 Å². The van der Waals surface area contributed by atoms with E-state index in [1.54, 1.807) is 12.3 Å². The molecular formula is C20H28N4O. The van der Waals surface area contributed by atoms with Crippen molar-refractivity contribution in [2.24, 2.45) is 0 Å². The lowest BCUT2D eigenvalue weighted by Gasteiger charge is -2.17. The third kappa shape index (κ3) is 4.78. The Labute approximate surface area is 150 Å². The third-order valence-electron chi connectivity index (χ3n) is 4.30. The largest absolute Gasteiger partial charge is 0.344 e. The first-order valence-electron chi connectivity index (χ1n) is 9.06. The molecule has 0 aliphatic rings. The summed E-state index contributed by atoms with van der Waals surface area (Å²) in [6, 6.07) is 7.81. The van der Waals surface area contributed by atoms with Crippen LogP contribution in [0.15, 0.2) is 30.5 Å². The SMILES string of the molecule is CCCCN(C)c1nccc(C(=O)Nc2c(CC)cccc2CC)n1. The van der Waals surface area contributed by atoms with E-state index < -0.39 is 0 Å². The van der Waals surface area contributed by atoms with Crippen molar-refractivity contribution < 1.29 is 4.79 Å². The predicted molar refractivity (Wildman–Crippen MR) is 103 cm³/mol. The van der Waals surface area contributed by atoms with Gasteiger partial charge in [0.15, 0.2) is 0 Å². The van der Waals surface area contributed by atoms with Crippen molar-refractivity contribution in [3.8, 4) is 0 Å². The molecule has 5 nitrogen and oxygen atoms in total. The zero-order valence-corrected chi connectivity index (χ0v) is 15.7. The lowest BCUT2D eigenvalue weighted by Crippen LogP contribution is -2.23. The number of para-hydroxylation sites is 1. The van der Waals surface area contributed by atoms with Gasteiger partial charge in [-0.15, -0.1) is 0 Å². The van der Waals surface area contributed by atoms with Crippen molar-refractivity contribution in [1.82, 2.24) is 9.97 Å². The second-order valence-corrected chi connectivity index (χ2v) is 6.13. The number of hydrogen-bond donors (Lipinski definition) is 1. The van der Waals surface area contributed by atoms with E-state index in [4.69, 9.17) is 0 Å². The highest BCUT2D eigenvalue weighted by Gasteiger charge is 2.14. The average molecular weight is 340 g/mol. The Morgan fingerprint density at radius 3 is 2.40 bits per heavy atom. The Morgan fingerprint density at radius 1 is 1.12 bits per heavy atom. The summed E-state index contributed by atoms with van der Waals surface area (Å²) in [5, 5.41) is 3.06. The van der Waals surface area contributed by atoms with Gasteiger partial charge in [0.05, 0.1) is 0 Å². The molecule has 0 aliphatic heterocycles. The first-order valence-corrected chi connectivity index (χ1v) is 9.06. The fourth-order valence-electron chi connectivity index (χ4n) is 2.73. The highest BCUT2D eigenvalue weighted by molar-refractivity contribution is 6.03. The lowest BCUT2D eigenvalue weighted by atomic mass is 10.0. The van der Waals surface area contributed by atoms with Crippen LogP contribution in [-0.4, -0.2) is 29.5 Å². The Kier molecular flexibility index (Phi) is 6.92. The Morgan fingerprint density at radius 2 is 1.80 bits per heavy atom. The van der Waals surface area contributed by atoms with Crippen molar-refractivity contribution in [3.05, 3.63) is 47.3 Å². The second kappa shape index (κ2) is 9.16. The van der Waals surface area contributed by atoms with Gasteiger partial charge in [-0.1, -0.05) is 45.4 Å². The summed E-state index contributed by atoms with van der Waals surface area (Å²) in [7, 11) is 1.95. The summed E-state index contributed by atoms with van der Waals surface area (Å²) in [6.07, 6.45) is 5.57. The zero-order chi connectivity index (χ0) is 18.2. The normalized spacial score (nSPS) is 10.6. The van der Waals surface area contributed by atoms with Crippen LogP contribution in [0, 0.1) is 0 Å². The highest BCUT2D eigenvalue weighted by atomic mass is 16.1. The molecule has 0 saturated heterocycles. The number of hydrogen-bond acceptors (Lipinski definition) is 4. The molecule has 1 aromatic heterocycles. The number of aryl methyl sites for hydroxylation is 2. The quantitative estimate of drug-likeness (QED) is 0.786. The van der Waals surface area contributed by atoms with Crippen LogP contribution in [-0.2, 0) is 12.8 Å². The summed E-state index contributed by atoms with van der Waals surface area (Å²) in [6.45, 7) is 7.21. The summed E-state index contributed by atoms with van der Waals surface area (Å²) >= 11 is 0. The molecule has 2 rings (SSSR count). The molecule has 1 N–H and O–H groups in total. The predicted octanol–water partition coefficient (Wildman–Crippen LogP) is 4.09. The minimum absolute atomic E-state index is 0.192. The van der Waals surface area contributed by atoms with Gasteiger partial charge in [-0.05, 0) is 36.5 Å². The smallest absolute Gasteiger partial charge is 0.274 e. The minimum atomic E-state index is -0.192. The molecule has 0 radical (unpaired) electrons. The number of carbonyl (C=O) groups is 1. The minimum Gasteiger partial charge on any atom is -0.344 e. The van der Waals surface area contributed by atoms with Gasteiger partial charge in [0.2, 0.25) is 5.95 Å². The molecule has 0 spiro atoms. The number of amides is 1. The van der Waals surface area contributed by atoms with Crippen molar-refractivity contribution in [3.63, 3.8) is 0 Å². The number of nitrogens with one attached hydrogen (secondary N) is 1. The van der Waals surface area contributed by atoms with Crippen molar-refractivity contribution in [1.29, 1.82) is 0 Å². The van der Waals surface area contributed by atoms with E-state index in [0.717, 1.165) is 49.0 Å². The van der Waals surface area contributed by atoms with Crippen LogP contribution in [0.25, 0.3) is 0 Å². The van der Waals surface area contributed by atoms with E-state index in [2.05, 4.69) is 48.2 Å². The van der Waals surface area contributed by atoms with E-state index in [1.807, 2.05) is 18.0 Å². The van der Waals surface area contributed by atoms with Crippen LogP contribution in [0.2, 0.25) is 0 Å². The number of nitrogens with zero attached hydrogens (tertiary/aromatic N) is 3. The maximum absolute atomic E-state index is 12.7. The Hall–Kier alpha value is -2.43. The Bertz CT molecular complexity index is 692. The van der Waals surface area contributed by atoms with Crippen LogP contribution in [0.4, 0.5) is 11.6 Å². The van der Waals surface area contributed by atoms with E-state index in [0.29, 0.717) is 11.6 Å². The van der Waals surface area contributed by atoms with Crippen LogP contribution in [0.3, 0.4) is 0 Å². The molecule has 2 aromatic rings. The fraction of sp³-hybridized carbons (Fsp3) is 0.450. The number of aromatic nitrogens is 2. The molecule has 1 heterocycles. The van der Waals surface area contributed by atoms with Gasteiger partial charge in [0.1, 0.15) is 5.69 Å². The molecule has 5 heteroatoms. The number of benzene rings is 1. The number of unbranched alkanes of at least 4 members (excludes halogenated alkanes) is 1. The van der Waals surface area contributed by atoms with Gasteiger partial charge in [-0.2, -0.15) is 0 Å². The summed E-state index contributed by atoms with van der Waals surface area (Å²) in [5.41, 5.74) is 3.59. The molecule has 0 saturated carbocycles. The van der Waals surface area contributed by atoms with Crippen molar-refractivity contribution in [2.75, 3.05) is 23.8 Å². The van der Waals surface area contributed by atoms with Gasteiger partial charge < -0.3 is 10.2 Å². The molecule has 0 atom stereocenters.